The van der Waals surface area contributed by atoms with Crippen molar-refractivity contribution in [3.63, 3.8) is 0 Å². The van der Waals surface area contributed by atoms with E-state index in [0.717, 1.165) is 12.8 Å². The summed E-state index contributed by atoms with van der Waals surface area (Å²) >= 11 is 0. The van der Waals surface area contributed by atoms with Gasteiger partial charge in [-0.1, -0.05) is 0 Å². The Kier molecular flexibility index (Phi) is 4.81. The molecule has 0 aromatic carbocycles. The van der Waals surface area contributed by atoms with Crippen molar-refractivity contribution in [2.45, 2.75) is 24.7 Å². The molecule has 1 aromatic rings. The number of nitrogens with zero attached hydrogens (tertiary/aromatic N) is 2. The molecule has 0 N–H and O–H groups in total. The zero-order chi connectivity index (χ0) is 13.7. The SMILES string of the molecule is COC(OC)c1ccnc(C2(OC)CCOCC2)n1. The van der Waals surface area contributed by atoms with Gasteiger partial charge < -0.3 is 18.9 Å². The van der Waals surface area contributed by atoms with Gasteiger partial charge in [0.1, 0.15) is 11.3 Å². The molecular weight excluding hydrogens is 248 g/mol. The minimum Gasteiger partial charge on any atom is -0.381 e. The number of hydrogen-bond donors (Lipinski definition) is 0. The first-order chi connectivity index (χ1) is 9.25. The summed E-state index contributed by atoms with van der Waals surface area (Å²) in [6.45, 7) is 1.30. The Bertz CT molecular complexity index is 403. The number of rotatable bonds is 5. The van der Waals surface area contributed by atoms with E-state index in [0.29, 0.717) is 24.7 Å². The number of ether oxygens (including phenoxy) is 4. The molecule has 19 heavy (non-hydrogen) atoms. The van der Waals surface area contributed by atoms with E-state index >= 15 is 0 Å². The van der Waals surface area contributed by atoms with Crippen molar-refractivity contribution < 1.29 is 18.9 Å². The number of aromatic nitrogens is 2. The van der Waals surface area contributed by atoms with Crippen molar-refractivity contribution in [1.82, 2.24) is 9.97 Å². The highest BCUT2D eigenvalue weighted by molar-refractivity contribution is 5.10. The van der Waals surface area contributed by atoms with E-state index in [1.807, 2.05) is 0 Å². The van der Waals surface area contributed by atoms with Crippen molar-refractivity contribution in [2.24, 2.45) is 0 Å². The molecule has 1 fully saturated rings. The summed E-state index contributed by atoms with van der Waals surface area (Å²) in [6.07, 6.45) is 2.71. The molecule has 0 bridgehead atoms. The Morgan fingerprint density at radius 2 is 1.89 bits per heavy atom. The van der Waals surface area contributed by atoms with Gasteiger partial charge in [-0.05, 0) is 6.07 Å². The maximum absolute atomic E-state index is 5.68. The van der Waals surface area contributed by atoms with Gasteiger partial charge in [0.2, 0.25) is 6.29 Å². The summed E-state index contributed by atoms with van der Waals surface area (Å²) in [4.78, 5) is 8.89. The minimum absolute atomic E-state index is 0.472. The maximum Gasteiger partial charge on any atom is 0.200 e. The van der Waals surface area contributed by atoms with Gasteiger partial charge in [-0.2, -0.15) is 0 Å². The largest absolute Gasteiger partial charge is 0.381 e. The first-order valence-corrected chi connectivity index (χ1v) is 6.27. The fourth-order valence-corrected chi connectivity index (χ4v) is 2.28. The Balaban J connectivity index is 2.30. The molecule has 0 saturated carbocycles. The molecular formula is C13H20N2O4. The molecule has 106 valence electrons. The van der Waals surface area contributed by atoms with Crippen LogP contribution in [0.15, 0.2) is 12.3 Å². The minimum atomic E-state index is -0.490. The van der Waals surface area contributed by atoms with Crippen LogP contribution in [0.1, 0.15) is 30.7 Å². The molecule has 0 amide bonds. The molecule has 2 heterocycles. The van der Waals surface area contributed by atoms with E-state index in [1.165, 1.54) is 0 Å². The summed E-state index contributed by atoms with van der Waals surface area (Å²) < 4.78 is 21.5. The lowest BCUT2D eigenvalue weighted by Gasteiger charge is -2.34. The van der Waals surface area contributed by atoms with E-state index in [1.54, 1.807) is 33.6 Å². The lowest BCUT2D eigenvalue weighted by Crippen LogP contribution is -2.37. The quantitative estimate of drug-likeness (QED) is 0.753. The standard InChI is InChI=1S/C13H20N2O4/c1-16-11(17-2)10-4-7-14-12(15-10)13(18-3)5-8-19-9-6-13/h4,7,11H,5-6,8-9H2,1-3H3. The molecule has 0 spiro atoms. The van der Waals surface area contributed by atoms with Crippen LogP contribution in [-0.4, -0.2) is 44.5 Å². The fourth-order valence-electron chi connectivity index (χ4n) is 2.28. The lowest BCUT2D eigenvalue weighted by atomic mass is 9.93. The third-order valence-electron chi connectivity index (χ3n) is 3.45. The van der Waals surface area contributed by atoms with Gasteiger partial charge in [-0.3, -0.25) is 0 Å². The lowest BCUT2D eigenvalue weighted by molar-refractivity contribution is -0.113. The van der Waals surface area contributed by atoms with Crippen LogP contribution in [0.2, 0.25) is 0 Å². The summed E-state index contributed by atoms with van der Waals surface area (Å²) in [5, 5.41) is 0. The Hall–Kier alpha value is -1.08. The van der Waals surface area contributed by atoms with Gasteiger partial charge in [0, 0.05) is 53.6 Å². The summed E-state index contributed by atoms with van der Waals surface area (Å²) in [6, 6.07) is 1.78. The van der Waals surface area contributed by atoms with Gasteiger partial charge in [-0.25, -0.2) is 9.97 Å². The molecule has 0 radical (unpaired) electrons. The smallest absolute Gasteiger partial charge is 0.200 e. The zero-order valence-corrected chi connectivity index (χ0v) is 11.6. The van der Waals surface area contributed by atoms with E-state index in [4.69, 9.17) is 18.9 Å². The molecule has 6 nitrogen and oxygen atoms in total. The molecule has 0 unspecified atom stereocenters. The zero-order valence-electron chi connectivity index (χ0n) is 11.6. The summed E-state index contributed by atoms with van der Waals surface area (Å²) in [5.41, 5.74) is 0.221. The molecule has 0 aliphatic carbocycles. The average molecular weight is 268 g/mol. The van der Waals surface area contributed by atoms with E-state index in [9.17, 15) is 0 Å². The van der Waals surface area contributed by atoms with Crippen molar-refractivity contribution in [1.29, 1.82) is 0 Å². The second-order valence-electron chi connectivity index (χ2n) is 4.42. The van der Waals surface area contributed by atoms with E-state index in [2.05, 4.69) is 9.97 Å². The molecule has 2 rings (SSSR count). The molecule has 1 saturated heterocycles. The predicted octanol–water partition coefficient (Wildman–Crippen LogP) is 1.42. The Morgan fingerprint density at radius 1 is 1.21 bits per heavy atom. The highest BCUT2D eigenvalue weighted by Gasteiger charge is 2.37. The topological polar surface area (TPSA) is 62.7 Å². The monoisotopic (exact) mass is 268 g/mol. The van der Waals surface area contributed by atoms with Crippen LogP contribution >= 0.6 is 0 Å². The van der Waals surface area contributed by atoms with Crippen LogP contribution in [0.5, 0.6) is 0 Å². The van der Waals surface area contributed by atoms with Crippen molar-refractivity contribution in [3.8, 4) is 0 Å². The third-order valence-corrected chi connectivity index (χ3v) is 3.45. The van der Waals surface area contributed by atoms with Gasteiger partial charge in [-0.15, -0.1) is 0 Å². The fraction of sp³-hybridized carbons (Fsp3) is 0.692. The van der Waals surface area contributed by atoms with Crippen LogP contribution < -0.4 is 0 Å². The number of methoxy groups -OCH3 is 3. The van der Waals surface area contributed by atoms with E-state index < -0.39 is 11.9 Å². The maximum atomic E-state index is 5.68. The van der Waals surface area contributed by atoms with Crippen LogP contribution in [0, 0.1) is 0 Å². The van der Waals surface area contributed by atoms with Crippen molar-refractivity contribution in [2.75, 3.05) is 34.5 Å². The normalized spacial score (nSPS) is 18.7. The Morgan fingerprint density at radius 3 is 2.47 bits per heavy atom. The Labute approximate surface area is 113 Å². The summed E-state index contributed by atoms with van der Waals surface area (Å²) in [5.74, 6) is 0.662. The molecule has 1 aromatic heterocycles. The first kappa shape index (κ1) is 14.3. The van der Waals surface area contributed by atoms with Crippen LogP contribution in [-0.2, 0) is 24.5 Å². The summed E-state index contributed by atoms with van der Waals surface area (Å²) in [7, 11) is 4.85. The molecule has 6 heteroatoms. The highest BCUT2D eigenvalue weighted by Crippen LogP contribution is 2.33. The highest BCUT2D eigenvalue weighted by atomic mass is 16.7. The van der Waals surface area contributed by atoms with Crippen molar-refractivity contribution in [3.05, 3.63) is 23.8 Å². The second-order valence-corrected chi connectivity index (χ2v) is 4.42. The molecule has 1 aliphatic heterocycles. The number of hydrogen-bond acceptors (Lipinski definition) is 6. The second kappa shape index (κ2) is 6.38. The molecule has 1 aliphatic rings. The van der Waals surface area contributed by atoms with Crippen LogP contribution in [0.4, 0.5) is 0 Å². The first-order valence-electron chi connectivity index (χ1n) is 6.27. The predicted molar refractivity (Wildman–Crippen MR) is 67.5 cm³/mol. The van der Waals surface area contributed by atoms with Crippen LogP contribution in [0.25, 0.3) is 0 Å². The average Bonchev–Trinajstić information content (AvgIpc) is 2.49. The van der Waals surface area contributed by atoms with Gasteiger partial charge in [0.05, 0.1) is 0 Å². The van der Waals surface area contributed by atoms with Crippen LogP contribution in [0.3, 0.4) is 0 Å². The van der Waals surface area contributed by atoms with Gasteiger partial charge >= 0.3 is 0 Å². The third kappa shape index (κ3) is 2.92. The van der Waals surface area contributed by atoms with Gasteiger partial charge in [0.15, 0.2) is 5.82 Å². The van der Waals surface area contributed by atoms with Crippen molar-refractivity contribution >= 4 is 0 Å². The molecule has 0 atom stereocenters. The van der Waals surface area contributed by atoms with Gasteiger partial charge in [0.25, 0.3) is 0 Å². The van der Waals surface area contributed by atoms with E-state index in [-0.39, 0.29) is 0 Å².